The van der Waals surface area contributed by atoms with Crippen LogP contribution < -0.4 is 26.5 Å². The molecule has 1 fully saturated rings. The van der Waals surface area contributed by atoms with Gasteiger partial charge in [0.25, 0.3) is 0 Å². The summed E-state index contributed by atoms with van der Waals surface area (Å²) in [5.74, 6) is 2.12. The van der Waals surface area contributed by atoms with E-state index in [2.05, 4.69) is 26.2 Å². The third kappa shape index (κ3) is 1.71. The van der Waals surface area contributed by atoms with E-state index in [9.17, 15) is 5.11 Å². The molecule has 130 valence electrons. The van der Waals surface area contributed by atoms with E-state index in [-0.39, 0.29) is 28.5 Å². The Morgan fingerprint density at radius 3 is 2.83 bits per heavy atom. The van der Waals surface area contributed by atoms with E-state index in [1.54, 1.807) is 7.11 Å². The zero-order valence-electron chi connectivity index (χ0n) is 14.3. The average Bonchev–Trinajstić information content (AvgIpc) is 2.88. The largest absolute Gasteiger partial charge is 1.00 e. The second kappa shape index (κ2) is 4.99. The van der Waals surface area contributed by atoms with E-state index in [0.29, 0.717) is 12.0 Å². The third-order valence-electron chi connectivity index (χ3n) is 6.91. The average molecular weight is 394 g/mol. The van der Waals surface area contributed by atoms with Crippen molar-refractivity contribution in [3.63, 3.8) is 0 Å². The predicted molar refractivity (Wildman–Crippen MR) is 86.8 cm³/mol. The van der Waals surface area contributed by atoms with Crippen molar-refractivity contribution in [1.29, 1.82) is 0 Å². The van der Waals surface area contributed by atoms with Crippen molar-refractivity contribution in [2.24, 2.45) is 5.92 Å². The van der Waals surface area contributed by atoms with E-state index in [1.807, 2.05) is 12.1 Å². The summed E-state index contributed by atoms with van der Waals surface area (Å²) in [6, 6.07) is 4.79. The molecule has 2 aliphatic heterocycles. The van der Waals surface area contributed by atoms with Crippen LogP contribution in [0.2, 0.25) is 0 Å². The molecule has 5 rings (SSSR count). The summed E-state index contributed by atoms with van der Waals surface area (Å²) in [5, 5.41) is 10.6. The first-order valence-electron chi connectivity index (χ1n) is 8.55. The standard InChI is InChI=1S/C19H24NO3.BrH/c1-20(2)9-8-19-12-5-6-14(21)18(19)23-17-15(22-3)7-4-11(16(17)19)10-13(12)20;/h4-7,12-14,18,21H,8-10H2,1-3H3;1H/q+1;/p-1/t12?,13?,14-,18-,19?;/m0./s1. The molecule has 0 aromatic heterocycles. The number of likely N-dealkylation sites (N-methyl/N-ethyl adjacent to an activating group) is 1. The summed E-state index contributed by atoms with van der Waals surface area (Å²) in [6.07, 6.45) is 5.64. The van der Waals surface area contributed by atoms with Gasteiger partial charge >= 0.3 is 0 Å². The topological polar surface area (TPSA) is 38.7 Å². The number of aliphatic hydroxyl groups is 1. The lowest BCUT2D eigenvalue weighted by molar-refractivity contribution is -0.926. The monoisotopic (exact) mass is 393 g/mol. The minimum atomic E-state index is -0.538. The molecule has 1 spiro atoms. The van der Waals surface area contributed by atoms with Crippen LogP contribution >= 0.6 is 0 Å². The molecule has 5 atom stereocenters. The Labute approximate surface area is 153 Å². The van der Waals surface area contributed by atoms with E-state index in [0.717, 1.165) is 35.4 Å². The maximum Gasteiger partial charge on any atom is 0.165 e. The highest BCUT2D eigenvalue weighted by Gasteiger charge is 2.67. The maximum atomic E-state index is 10.6. The van der Waals surface area contributed by atoms with Crippen LogP contribution in [0.3, 0.4) is 0 Å². The van der Waals surface area contributed by atoms with Gasteiger partial charge in [-0.25, -0.2) is 0 Å². The first-order chi connectivity index (χ1) is 11.0. The number of methoxy groups -OCH3 is 1. The lowest BCUT2D eigenvalue weighted by Crippen LogP contribution is -3.00. The molecular weight excluding hydrogens is 370 g/mol. The molecule has 2 aliphatic carbocycles. The van der Waals surface area contributed by atoms with Crippen molar-refractivity contribution in [2.45, 2.75) is 36.5 Å². The Balaban J connectivity index is 0.00000146. The zero-order chi connectivity index (χ0) is 16.0. The molecule has 0 radical (unpaired) electrons. The number of quaternary nitrogens is 1. The van der Waals surface area contributed by atoms with E-state index >= 15 is 0 Å². The fraction of sp³-hybridized carbons (Fsp3) is 0.579. The normalized spacial score (nSPS) is 39.5. The number of halogens is 1. The molecule has 24 heavy (non-hydrogen) atoms. The van der Waals surface area contributed by atoms with Gasteiger partial charge in [0.15, 0.2) is 11.5 Å². The number of rotatable bonds is 1. The number of nitrogens with zero attached hydrogens (tertiary/aromatic N) is 1. The Kier molecular flexibility index (Phi) is 3.42. The molecule has 4 nitrogen and oxygen atoms in total. The lowest BCUT2D eigenvalue weighted by Gasteiger charge is -2.58. The minimum absolute atomic E-state index is 0. The number of benzene rings is 1. The number of hydrogen-bond acceptors (Lipinski definition) is 3. The van der Waals surface area contributed by atoms with Gasteiger partial charge in [-0.05, 0) is 11.6 Å². The molecule has 1 N–H and O–H groups in total. The number of hydrogen-bond donors (Lipinski definition) is 1. The highest BCUT2D eigenvalue weighted by atomic mass is 79.9. The van der Waals surface area contributed by atoms with Gasteiger partial charge in [0.2, 0.25) is 0 Å². The maximum absolute atomic E-state index is 10.6. The van der Waals surface area contributed by atoms with Crippen LogP contribution in [0.15, 0.2) is 24.3 Å². The van der Waals surface area contributed by atoms with Gasteiger partial charge in [0.1, 0.15) is 18.2 Å². The van der Waals surface area contributed by atoms with Gasteiger partial charge in [0, 0.05) is 24.3 Å². The quantitative estimate of drug-likeness (QED) is 0.473. The second-order valence-electron chi connectivity index (χ2n) is 8.13. The first kappa shape index (κ1) is 16.4. The molecule has 3 unspecified atom stereocenters. The van der Waals surface area contributed by atoms with Crippen molar-refractivity contribution in [2.75, 3.05) is 27.7 Å². The van der Waals surface area contributed by atoms with Gasteiger partial charge in [-0.2, -0.15) is 0 Å². The molecule has 0 amide bonds. The second-order valence-corrected chi connectivity index (χ2v) is 8.13. The molecule has 1 aromatic carbocycles. The van der Waals surface area contributed by atoms with E-state index in [1.165, 1.54) is 11.1 Å². The van der Waals surface area contributed by atoms with Crippen LogP contribution in [0.4, 0.5) is 0 Å². The minimum Gasteiger partial charge on any atom is -1.00 e. The molecule has 1 saturated heterocycles. The lowest BCUT2D eigenvalue weighted by atomic mass is 9.53. The highest BCUT2D eigenvalue weighted by molar-refractivity contribution is 5.61. The summed E-state index contributed by atoms with van der Waals surface area (Å²) in [4.78, 5) is 0. The van der Waals surface area contributed by atoms with Crippen molar-refractivity contribution < 1.29 is 36.0 Å². The molecule has 1 aromatic rings. The van der Waals surface area contributed by atoms with Gasteiger partial charge in [-0.1, -0.05) is 18.2 Å². The molecular formula is C19H24BrNO3. The molecule has 2 heterocycles. The molecule has 5 heteroatoms. The van der Waals surface area contributed by atoms with Gasteiger partial charge in [-0.3, -0.25) is 0 Å². The highest BCUT2D eigenvalue weighted by Crippen LogP contribution is 2.63. The van der Waals surface area contributed by atoms with E-state index < -0.39 is 6.10 Å². The number of piperidine rings is 1. The van der Waals surface area contributed by atoms with Gasteiger partial charge in [0.05, 0.1) is 33.2 Å². The van der Waals surface area contributed by atoms with Crippen LogP contribution in [0, 0.1) is 5.92 Å². The van der Waals surface area contributed by atoms with Crippen LogP contribution in [0.25, 0.3) is 0 Å². The fourth-order valence-electron chi connectivity index (χ4n) is 5.75. The number of likely N-dealkylation sites (tertiary alicyclic amines) is 1. The van der Waals surface area contributed by atoms with E-state index in [4.69, 9.17) is 9.47 Å². The molecule has 4 aliphatic rings. The Morgan fingerprint density at radius 2 is 2.08 bits per heavy atom. The summed E-state index contributed by atoms with van der Waals surface area (Å²) in [5.41, 5.74) is 2.63. The molecule has 2 bridgehead atoms. The summed E-state index contributed by atoms with van der Waals surface area (Å²) >= 11 is 0. The zero-order valence-corrected chi connectivity index (χ0v) is 15.9. The first-order valence-corrected chi connectivity index (χ1v) is 8.55. The van der Waals surface area contributed by atoms with Crippen molar-refractivity contribution in [1.82, 2.24) is 0 Å². The summed E-state index contributed by atoms with van der Waals surface area (Å²) < 4.78 is 12.9. The Morgan fingerprint density at radius 1 is 1.29 bits per heavy atom. The van der Waals surface area contributed by atoms with Crippen LogP contribution in [0.1, 0.15) is 17.5 Å². The Hall–Kier alpha value is -1.04. The van der Waals surface area contributed by atoms with Crippen molar-refractivity contribution in [3.05, 3.63) is 35.4 Å². The van der Waals surface area contributed by atoms with Gasteiger partial charge in [-0.15, -0.1) is 0 Å². The fourth-order valence-corrected chi connectivity index (χ4v) is 5.75. The summed E-state index contributed by atoms with van der Waals surface area (Å²) in [7, 11) is 6.38. The van der Waals surface area contributed by atoms with Crippen LogP contribution in [-0.2, 0) is 11.8 Å². The van der Waals surface area contributed by atoms with Gasteiger partial charge < -0.3 is 36.0 Å². The van der Waals surface area contributed by atoms with Crippen molar-refractivity contribution >= 4 is 0 Å². The number of aliphatic hydroxyl groups excluding tert-OH is 1. The predicted octanol–water partition coefficient (Wildman–Crippen LogP) is -1.35. The summed E-state index contributed by atoms with van der Waals surface area (Å²) in [6.45, 7) is 1.12. The smallest absolute Gasteiger partial charge is 0.165 e. The van der Waals surface area contributed by atoms with Crippen LogP contribution in [-0.4, -0.2) is 55.6 Å². The number of ether oxygens (including phenoxy) is 2. The third-order valence-corrected chi connectivity index (χ3v) is 6.91. The Bertz CT molecular complexity index is 732. The van der Waals surface area contributed by atoms with Crippen LogP contribution in [0.5, 0.6) is 11.5 Å². The molecule has 0 saturated carbocycles. The van der Waals surface area contributed by atoms with Crippen molar-refractivity contribution in [3.8, 4) is 11.5 Å². The SMILES string of the molecule is COc1ccc2c3c1O[C@H]1[C@@H](O)C=CC4C(C2)[N+](C)(C)CCC341.[Br-].